The molecule has 0 aliphatic carbocycles. The SMILES string of the molecule is NC(=O)NC(=O)COC(=O)c1cnn(Cc2ccccc2)c1. The monoisotopic (exact) mass is 302 g/mol. The highest BCUT2D eigenvalue weighted by Gasteiger charge is 2.13. The van der Waals surface area contributed by atoms with Crippen molar-refractivity contribution in [3.8, 4) is 0 Å². The number of nitrogens with two attached hydrogens (primary N) is 1. The van der Waals surface area contributed by atoms with Crippen molar-refractivity contribution in [2.45, 2.75) is 6.54 Å². The third kappa shape index (κ3) is 4.44. The molecule has 0 saturated carbocycles. The van der Waals surface area contributed by atoms with Crippen LogP contribution in [-0.2, 0) is 16.1 Å². The zero-order valence-corrected chi connectivity index (χ0v) is 11.6. The van der Waals surface area contributed by atoms with E-state index in [-0.39, 0.29) is 5.56 Å². The molecule has 1 heterocycles. The Bertz CT molecular complexity index is 681. The maximum absolute atomic E-state index is 11.7. The molecule has 0 aliphatic rings. The number of esters is 1. The molecule has 8 nitrogen and oxygen atoms in total. The molecule has 8 heteroatoms. The first-order valence-corrected chi connectivity index (χ1v) is 6.37. The summed E-state index contributed by atoms with van der Waals surface area (Å²) in [5.74, 6) is -1.50. The van der Waals surface area contributed by atoms with E-state index in [0.717, 1.165) is 5.56 Å². The number of aromatic nitrogens is 2. The number of nitrogens with zero attached hydrogens (tertiary/aromatic N) is 2. The fraction of sp³-hybridized carbons (Fsp3) is 0.143. The van der Waals surface area contributed by atoms with Crippen molar-refractivity contribution in [2.24, 2.45) is 5.73 Å². The lowest BCUT2D eigenvalue weighted by atomic mass is 10.2. The van der Waals surface area contributed by atoms with E-state index in [1.165, 1.54) is 12.4 Å². The van der Waals surface area contributed by atoms with Gasteiger partial charge in [0.05, 0.1) is 18.3 Å². The number of imide groups is 1. The number of carbonyl (C=O) groups is 3. The van der Waals surface area contributed by atoms with Crippen molar-refractivity contribution in [1.29, 1.82) is 0 Å². The number of ether oxygens (including phenoxy) is 1. The summed E-state index contributed by atoms with van der Waals surface area (Å²) in [6, 6.07) is 8.60. The van der Waals surface area contributed by atoms with E-state index in [2.05, 4.69) is 5.10 Å². The first-order valence-electron chi connectivity index (χ1n) is 6.37. The minimum absolute atomic E-state index is 0.211. The Kier molecular flexibility index (Phi) is 4.86. The maximum atomic E-state index is 11.7. The van der Waals surface area contributed by atoms with Gasteiger partial charge < -0.3 is 10.5 Å². The van der Waals surface area contributed by atoms with Gasteiger partial charge in [0.15, 0.2) is 6.61 Å². The second-order valence-electron chi connectivity index (χ2n) is 4.40. The van der Waals surface area contributed by atoms with Crippen LogP contribution >= 0.6 is 0 Å². The van der Waals surface area contributed by atoms with Gasteiger partial charge in [0, 0.05) is 6.20 Å². The van der Waals surface area contributed by atoms with E-state index in [9.17, 15) is 14.4 Å². The Hall–Kier alpha value is -3.16. The average molecular weight is 302 g/mol. The summed E-state index contributed by atoms with van der Waals surface area (Å²) in [7, 11) is 0. The molecule has 0 fully saturated rings. The summed E-state index contributed by atoms with van der Waals surface area (Å²) in [6.07, 6.45) is 2.86. The molecular formula is C14H14N4O4. The lowest BCUT2D eigenvalue weighted by Gasteiger charge is -2.02. The molecule has 0 aliphatic heterocycles. The Labute approximate surface area is 125 Å². The second kappa shape index (κ2) is 7.02. The number of nitrogens with one attached hydrogen (secondary N) is 1. The first-order chi connectivity index (χ1) is 10.5. The van der Waals surface area contributed by atoms with Crippen LogP contribution in [0.25, 0.3) is 0 Å². The van der Waals surface area contributed by atoms with Crippen LogP contribution in [-0.4, -0.2) is 34.3 Å². The van der Waals surface area contributed by atoms with Gasteiger partial charge in [0.2, 0.25) is 0 Å². The molecule has 2 rings (SSSR count). The van der Waals surface area contributed by atoms with Gasteiger partial charge >= 0.3 is 12.0 Å². The van der Waals surface area contributed by atoms with E-state index in [0.29, 0.717) is 6.54 Å². The van der Waals surface area contributed by atoms with Gasteiger partial charge in [-0.2, -0.15) is 5.10 Å². The van der Waals surface area contributed by atoms with Crippen molar-refractivity contribution in [3.63, 3.8) is 0 Å². The normalized spacial score (nSPS) is 10.0. The van der Waals surface area contributed by atoms with Crippen LogP contribution in [0, 0.1) is 0 Å². The number of benzene rings is 1. The van der Waals surface area contributed by atoms with Crippen molar-refractivity contribution in [3.05, 3.63) is 53.9 Å². The highest BCUT2D eigenvalue weighted by atomic mass is 16.5. The predicted molar refractivity (Wildman–Crippen MR) is 75.8 cm³/mol. The molecule has 114 valence electrons. The van der Waals surface area contributed by atoms with Crippen LogP contribution in [0.15, 0.2) is 42.7 Å². The number of carbonyl (C=O) groups excluding carboxylic acids is 3. The highest BCUT2D eigenvalue weighted by molar-refractivity contribution is 5.96. The molecule has 3 amide bonds. The number of rotatable bonds is 5. The standard InChI is InChI=1S/C14H14N4O4/c15-14(21)17-12(19)9-22-13(20)11-6-16-18(8-11)7-10-4-2-1-3-5-10/h1-6,8H,7,9H2,(H3,15,17,19,21). The highest BCUT2D eigenvalue weighted by Crippen LogP contribution is 2.05. The summed E-state index contributed by atoms with van der Waals surface area (Å²) < 4.78 is 6.32. The quantitative estimate of drug-likeness (QED) is 0.770. The fourth-order valence-electron chi connectivity index (χ4n) is 1.71. The largest absolute Gasteiger partial charge is 0.452 e. The Morgan fingerprint density at radius 2 is 1.95 bits per heavy atom. The third-order valence-corrected chi connectivity index (χ3v) is 2.65. The summed E-state index contributed by atoms with van der Waals surface area (Å²) in [5, 5.41) is 5.84. The number of urea groups is 1. The lowest BCUT2D eigenvalue weighted by molar-refractivity contribution is -0.123. The number of hydrogen-bond acceptors (Lipinski definition) is 5. The van der Waals surface area contributed by atoms with Gasteiger partial charge in [0.25, 0.3) is 5.91 Å². The molecule has 3 N–H and O–H groups in total. The van der Waals surface area contributed by atoms with Gasteiger partial charge in [-0.25, -0.2) is 9.59 Å². The number of amides is 3. The Balaban J connectivity index is 1.89. The molecule has 1 aromatic heterocycles. The van der Waals surface area contributed by atoms with Crippen molar-refractivity contribution < 1.29 is 19.1 Å². The third-order valence-electron chi connectivity index (χ3n) is 2.65. The van der Waals surface area contributed by atoms with Crippen LogP contribution in [0.3, 0.4) is 0 Å². The van der Waals surface area contributed by atoms with Crippen LogP contribution in [0.5, 0.6) is 0 Å². The minimum atomic E-state index is -1.00. The predicted octanol–water partition coefficient (Wildman–Crippen LogP) is 0.283. The summed E-state index contributed by atoms with van der Waals surface area (Å²) >= 11 is 0. The zero-order valence-electron chi connectivity index (χ0n) is 11.6. The average Bonchev–Trinajstić information content (AvgIpc) is 2.94. The van der Waals surface area contributed by atoms with E-state index < -0.39 is 24.5 Å². The molecule has 1 aromatic carbocycles. The molecule has 0 atom stereocenters. The summed E-state index contributed by atoms with van der Waals surface area (Å²) in [6.45, 7) is -0.0814. The van der Waals surface area contributed by atoms with E-state index in [1.54, 1.807) is 10.00 Å². The van der Waals surface area contributed by atoms with Crippen LogP contribution in [0.2, 0.25) is 0 Å². The molecule has 0 unspecified atom stereocenters. The fourth-order valence-corrected chi connectivity index (χ4v) is 1.71. The first kappa shape index (κ1) is 15.2. The van der Waals surface area contributed by atoms with Crippen LogP contribution in [0.4, 0.5) is 4.79 Å². The maximum Gasteiger partial charge on any atom is 0.341 e. The van der Waals surface area contributed by atoms with E-state index >= 15 is 0 Å². The minimum Gasteiger partial charge on any atom is -0.452 e. The number of hydrogen-bond donors (Lipinski definition) is 2. The second-order valence-corrected chi connectivity index (χ2v) is 4.40. The molecule has 22 heavy (non-hydrogen) atoms. The number of primary amides is 1. The molecule has 0 radical (unpaired) electrons. The van der Waals surface area contributed by atoms with Gasteiger partial charge in [0.1, 0.15) is 0 Å². The lowest BCUT2D eigenvalue weighted by Crippen LogP contribution is -2.37. The van der Waals surface area contributed by atoms with E-state index in [1.807, 2.05) is 30.3 Å². The van der Waals surface area contributed by atoms with E-state index in [4.69, 9.17) is 10.5 Å². The molecular weight excluding hydrogens is 288 g/mol. The van der Waals surface area contributed by atoms with Gasteiger partial charge in [-0.05, 0) is 5.56 Å². The van der Waals surface area contributed by atoms with Crippen LogP contribution in [0.1, 0.15) is 15.9 Å². The molecule has 2 aromatic rings. The van der Waals surface area contributed by atoms with Gasteiger partial charge in [-0.1, -0.05) is 30.3 Å². The summed E-state index contributed by atoms with van der Waals surface area (Å²) in [4.78, 5) is 33.3. The van der Waals surface area contributed by atoms with Crippen molar-refractivity contribution in [2.75, 3.05) is 6.61 Å². The van der Waals surface area contributed by atoms with Crippen molar-refractivity contribution >= 4 is 17.9 Å². The van der Waals surface area contributed by atoms with Crippen molar-refractivity contribution in [1.82, 2.24) is 15.1 Å². The Morgan fingerprint density at radius 3 is 2.64 bits per heavy atom. The molecule has 0 spiro atoms. The molecule has 0 saturated heterocycles. The van der Waals surface area contributed by atoms with Gasteiger partial charge in [-0.3, -0.25) is 14.8 Å². The topological polar surface area (TPSA) is 116 Å². The summed E-state index contributed by atoms with van der Waals surface area (Å²) in [5.41, 5.74) is 6.01. The smallest absolute Gasteiger partial charge is 0.341 e. The Morgan fingerprint density at radius 1 is 1.23 bits per heavy atom. The zero-order chi connectivity index (χ0) is 15.9. The van der Waals surface area contributed by atoms with Gasteiger partial charge in [-0.15, -0.1) is 0 Å². The molecule has 0 bridgehead atoms. The van der Waals surface area contributed by atoms with Crippen LogP contribution < -0.4 is 11.1 Å².